The Morgan fingerprint density at radius 2 is 1.70 bits per heavy atom. The number of carbonyl (C=O) groups is 2. The largest absolute Gasteiger partial charge is 0.452 e. The molecule has 0 radical (unpaired) electrons. The van der Waals surface area contributed by atoms with Crippen LogP contribution in [0.15, 0.2) is 29.2 Å². The van der Waals surface area contributed by atoms with E-state index in [0.29, 0.717) is 11.4 Å². The first-order chi connectivity index (χ1) is 12.9. The number of amides is 1. The molecule has 4 fully saturated rings. The second-order valence-corrected chi connectivity index (χ2v) is 10.1. The summed E-state index contributed by atoms with van der Waals surface area (Å²) in [7, 11) is -1.29. The van der Waals surface area contributed by atoms with Gasteiger partial charge in [-0.1, -0.05) is 12.1 Å². The molecule has 1 aromatic rings. The van der Waals surface area contributed by atoms with Crippen molar-refractivity contribution in [3.8, 4) is 0 Å². The zero-order valence-electron chi connectivity index (χ0n) is 15.7. The SMILES string of the molecule is C[S@@](=O)c1ccccc1C(=O)OCC(=O)NCC12CC3CC(CC(C3)C1)C2. The van der Waals surface area contributed by atoms with E-state index in [1.807, 2.05) is 0 Å². The number of hydrogen-bond acceptors (Lipinski definition) is 4. The Hall–Kier alpha value is -1.69. The molecule has 0 saturated heterocycles. The molecule has 4 aliphatic rings. The Kier molecular flexibility index (Phi) is 5.10. The molecule has 4 bridgehead atoms. The summed E-state index contributed by atoms with van der Waals surface area (Å²) in [6.07, 6.45) is 9.34. The molecule has 0 spiro atoms. The average Bonchev–Trinajstić information content (AvgIpc) is 2.63. The van der Waals surface area contributed by atoms with Gasteiger partial charge >= 0.3 is 5.97 Å². The average molecular weight is 390 g/mol. The molecule has 1 atom stereocenters. The van der Waals surface area contributed by atoms with Crippen LogP contribution >= 0.6 is 0 Å². The Balaban J connectivity index is 1.29. The van der Waals surface area contributed by atoms with Gasteiger partial charge in [-0.15, -0.1) is 0 Å². The van der Waals surface area contributed by atoms with Crippen LogP contribution in [-0.2, 0) is 20.3 Å². The molecule has 1 aromatic carbocycles. The van der Waals surface area contributed by atoms with Gasteiger partial charge in [0.05, 0.1) is 21.3 Å². The highest BCUT2D eigenvalue weighted by Crippen LogP contribution is 2.59. The topological polar surface area (TPSA) is 72.5 Å². The van der Waals surface area contributed by atoms with Crippen LogP contribution in [0.5, 0.6) is 0 Å². The maximum Gasteiger partial charge on any atom is 0.339 e. The minimum absolute atomic E-state index is 0.255. The third kappa shape index (κ3) is 3.96. The van der Waals surface area contributed by atoms with Crippen molar-refractivity contribution in [2.45, 2.75) is 43.4 Å². The fourth-order valence-electron chi connectivity index (χ4n) is 5.94. The zero-order valence-corrected chi connectivity index (χ0v) is 16.6. The van der Waals surface area contributed by atoms with Gasteiger partial charge in [0.25, 0.3) is 5.91 Å². The summed E-state index contributed by atoms with van der Waals surface area (Å²) >= 11 is 0. The Bertz CT molecular complexity index is 740. The maximum absolute atomic E-state index is 12.3. The first kappa shape index (κ1) is 18.7. The van der Waals surface area contributed by atoms with E-state index in [-0.39, 0.29) is 23.5 Å². The monoisotopic (exact) mass is 389 g/mol. The molecule has 4 saturated carbocycles. The number of esters is 1. The Morgan fingerprint density at radius 3 is 2.30 bits per heavy atom. The lowest BCUT2D eigenvalue weighted by atomic mass is 9.49. The summed E-state index contributed by atoms with van der Waals surface area (Å²) in [5.41, 5.74) is 0.521. The molecule has 1 amide bonds. The standard InChI is InChI=1S/C21H27NO4S/c1-27(25)18-5-3-2-4-17(18)20(24)26-12-19(23)22-13-21-9-14-6-15(10-21)8-16(7-14)11-21/h2-5,14-16H,6-13H2,1H3,(H,22,23)/t14?,15?,16?,21?,27-/m1/s1. The fraction of sp³-hybridized carbons (Fsp3) is 0.619. The van der Waals surface area contributed by atoms with Crippen molar-refractivity contribution < 1.29 is 18.5 Å². The van der Waals surface area contributed by atoms with Gasteiger partial charge in [-0.2, -0.15) is 0 Å². The summed E-state index contributed by atoms with van der Waals surface area (Å²) in [4.78, 5) is 24.9. The van der Waals surface area contributed by atoms with Gasteiger partial charge in [-0.3, -0.25) is 9.00 Å². The third-order valence-corrected chi connectivity index (χ3v) is 7.55. The minimum atomic E-state index is -1.29. The van der Waals surface area contributed by atoms with Gasteiger partial charge in [-0.05, 0) is 73.8 Å². The molecule has 0 unspecified atom stereocenters. The van der Waals surface area contributed by atoms with Gasteiger partial charge in [0.1, 0.15) is 0 Å². The lowest BCUT2D eigenvalue weighted by Crippen LogP contribution is -2.51. The third-order valence-electron chi connectivity index (χ3n) is 6.58. The van der Waals surface area contributed by atoms with E-state index in [2.05, 4.69) is 5.32 Å². The number of hydrogen-bond donors (Lipinski definition) is 1. The molecule has 1 N–H and O–H groups in total. The highest BCUT2D eigenvalue weighted by molar-refractivity contribution is 7.84. The van der Waals surface area contributed by atoms with Crippen LogP contribution in [0.2, 0.25) is 0 Å². The Labute approximate surface area is 162 Å². The highest BCUT2D eigenvalue weighted by Gasteiger charge is 2.50. The van der Waals surface area contributed by atoms with Crippen LogP contribution in [0.4, 0.5) is 0 Å². The van der Waals surface area contributed by atoms with E-state index in [0.717, 1.165) is 17.8 Å². The van der Waals surface area contributed by atoms with Crippen molar-refractivity contribution in [1.29, 1.82) is 0 Å². The molecule has 0 heterocycles. The van der Waals surface area contributed by atoms with Crippen molar-refractivity contribution >= 4 is 22.7 Å². The van der Waals surface area contributed by atoms with Crippen molar-refractivity contribution in [2.75, 3.05) is 19.4 Å². The second kappa shape index (κ2) is 7.38. The Morgan fingerprint density at radius 1 is 1.11 bits per heavy atom. The number of nitrogens with one attached hydrogen (secondary N) is 1. The van der Waals surface area contributed by atoms with Gasteiger partial charge in [-0.25, -0.2) is 4.79 Å². The summed E-state index contributed by atoms with van der Waals surface area (Å²) in [5, 5.41) is 3.01. The number of rotatable bonds is 6. The number of benzene rings is 1. The fourth-order valence-corrected chi connectivity index (χ4v) is 6.67. The second-order valence-electron chi connectivity index (χ2n) is 8.72. The minimum Gasteiger partial charge on any atom is -0.452 e. The molecule has 5 rings (SSSR count). The van der Waals surface area contributed by atoms with E-state index in [4.69, 9.17) is 4.74 Å². The van der Waals surface area contributed by atoms with E-state index in [1.165, 1.54) is 44.8 Å². The normalized spacial score (nSPS) is 32.1. The summed E-state index contributed by atoms with van der Waals surface area (Å²) in [6, 6.07) is 6.64. The number of ether oxygens (including phenoxy) is 1. The molecule has 0 aliphatic heterocycles. The quantitative estimate of drug-likeness (QED) is 0.760. The van der Waals surface area contributed by atoms with Crippen LogP contribution in [0, 0.1) is 23.2 Å². The van der Waals surface area contributed by atoms with E-state index in [1.54, 1.807) is 24.3 Å². The summed E-state index contributed by atoms with van der Waals surface area (Å²) < 4.78 is 16.9. The lowest BCUT2D eigenvalue weighted by molar-refractivity contribution is -0.126. The molecular weight excluding hydrogens is 362 g/mol. The highest BCUT2D eigenvalue weighted by atomic mass is 32.2. The van der Waals surface area contributed by atoms with E-state index in [9.17, 15) is 13.8 Å². The number of carbonyl (C=O) groups excluding carboxylic acids is 2. The van der Waals surface area contributed by atoms with Crippen molar-refractivity contribution in [1.82, 2.24) is 5.32 Å². The zero-order chi connectivity index (χ0) is 19.0. The van der Waals surface area contributed by atoms with Crippen LogP contribution < -0.4 is 5.32 Å². The molecule has 4 aliphatic carbocycles. The van der Waals surface area contributed by atoms with Crippen LogP contribution in [-0.4, -0.2) is 35.5 Å². The van der Waals surface area contributed by atoms with Crippen LogP contribution in [0.1, 0.15) is 48.9 Å². The summed E-state index contributed by atoms with van der Waals surface area (Å²) in [5.74, 6) is 1.67. The predicted octanol–water partition coefficient (Wildman–Crippen LogP) is 2.91. The smallest absolute Gasteiger partial charge is 0.339 e. The lowest BCUT2D eigenvalue weighted by Gasteiger charge is -2.56. The molecule has 5 nitrogen and oxygen atoms in total. The molecule has 0 aromatic heterocycles. The van der Waals surface area contributed by atoms with Crippen LogP contribution in [0.25, 0.3) is 0 Å². The van der Waals surface area contributed by atoms with Gasteiger partial charge in [0.2, 0.25) is 0 Å². The predicted molar refractivity (Wildman–Crippen MR) is 103 cm³/mol. The van der Waals surface area contributed by atoms with Gasteiger partial charge in [0, 0.05) is 12.8 Å². The van der Waals surface area contributed by atoms with E-state index < -0.39 is 16.8 Å². The molecule has 6 heteroatoms. The molecule has 27 heavy (non-hydrogen) atoms. The molecule has 146 valence electrons. The van der Waals surface area contributed by atoms with Crippen LogP contribution in [0.3, 0.4) is 0 Å². The maximum atomic E-state index is 12.3. The first-order valence-electron chi connectivity index (χ1n) is 9.80. The van der Waals surface area contributed by atoms with Crippen molar-refractivity contribution in [3.63, 3.8) is 0 Å². The van der Waals surface area contributed by atoms with Crippen molar-refractivity contribution in [3.05, 3.63) is 29.8 Å². The van der Waals surface area contributed by atoms with Gasteiger partial charge in [0.15, 0.2) is 6.61 Å². The van der Waals surface area contributed by atoms with Gasteiger partial charge < -0.3 is 10.1 Å². The molecular formula is C21H27NO4S. The summed E-state index contributed by atoms with van der Waals surface area (Å²) in [6.45, 7) is 0.401. The van der Waals surface area contributed by atoms with Crippen molar-refractivity contribution in [2.24, 2.45) is 23.2 Å². The first-order valence-corrected chi connectivity index (χ1v) is 11.4. The van der Waals surface area contributed by atoms with E-state index >= 15 is 0 Å².